The van der Waals surface area contributed by atoms with Gasteiger partial charge in [0.25, 0.3) is 0 Å². The van der Waals surface area contributed by atoms with Gasteiger partial charge in [-0.05, 0) is 30.3 Å². The van der Waals surface area contributed by atoms with Crippen LogP contribution in [0.15, 0.2) is 42.6 Å². The number of halogens is 1. The maximum absolute atomic E-state index is 13.1. The molecule has 0 aliphatic heterocycles. The second-order valence-corrected chi connectivity index (χ2v) is 4.64. The zero-order valence-corrected chi connectivity index (χ0v) is 10.9. The average Bonchev–Trinajstić information content (AvgIpc) is 2.89. The van der Waals surface area contributed by atoms with Gasteiger partial charge in [-0.15, -0.1) is 0 Å². The monoisotopic (exact) mass is 279 g/mol. The first-order valence-corrected chi connectivity index (χ1v) is 6.21. The van der Waals surface area contributed by atoms with Gasteiger partial charge in [0, 0.05) is 33.9 Å². The molecule has 0 radical (unpaired) electrons. The molecule has 5 heteroatoms. The summed E-state index contributed by atoms with van der Waals surface area (Å²) in [6, 6.07) is 10.7. The van der Waals surface area contributed by atoms with E-state index >= 15 is 0 Å². The normalized spacial score (nSPS) is 10.5. The van der Waals surface area contributed by atoms with Crippen LogP contribution in [0, 0.1) is 17.1 Å². The Kier molecular flexibility index (Phi) is 2.92. The topological polar surface area (TPSA) is 82.7 Å². The zero-order valence-electron chi connectivity index (χ0n) is 10.9. The molecule has 0 amide bonds. The fraction of sp³-hybridized carbons (Fsp3) is 0. The quantitative estimate of drug-likeness (QED) is 0.558. The Morgan fingerprint density at radius 2 is 2.00 bits per heavy atom. The Bertz CT molecular complexity index is 906. The number of hydrogen-bond acceptors (Lipinski definition) is 3. The molecule has 21 heavy (non-hydrogen) atoms. The summed E-state index contributed by atoms with van der Waals surface area (Å²) in [6.45, 7) is 0. The van der Waals surface area contributed by atoms with E-state index in [0.29, 0.717) is 22.0 Å². The molecule has 102 valence electrons. The first-order chi connectivity index (χ1) is 10.1. The van der Waals surface area contributed by atoms with Crippen molar-refractivity contribution in [3.05, 3.63) is 65.1 Å². The highest BCUT2D eigenvalue weighted by Crippen LogP contribution is 2.24. The maximum atomic E-state index is 13.1. The molecule has 3 rings (SSSR count). The lowest BCUT2D eigenvalue weighted by molar-refractivity contribution is 0.104. The molecular weight excluding hydrogens is 269 g/mol. The number of ketones is 1. The van der Waals surface area contributed by atoms with Crippen LogP contribution in [0.3, 0.4) is 0 Å². The minimum absolute atomic E-state index is 0.1000. The summed E-state index contributed by atoms with van der Waals surface area (Å²) in [5.74, 6) is -0.773. The summed E-state index contributed by atoms with van der Waals surface area (Å²) < 4.78 is 13.1. The van der Waals surface area contributed by atoms with E-state index in [-0.39, 0.29) is 17.0 Å². The maximum Gasteiger partial charge on any atom is 0.197 e. The van der Waals surface area contributed by atoms with E-state index in [1.807, 2.05) is 6.07 Å². The van der Waals surface area contributed by atoms with Gasteiger partial charge in [0.15, 0.2) is 5.78 Å². The van der Waals surface area contributed by atoms with Crippen molar-refractivity contribution in [2.75, 3.05) is 5.73 Å². The number of nitriles is 1. The van der Waals surface area contributed by atoms with Gasteiger partial charge in [-0.1, -0.05) is 6.07 Å². The minimum Gasteiger partial charge on any atom is -0.398 e. The van der Waals surface area contributed by atoms with E-state index in [1.54, 1.807) is 24.4 Å². The van der Waals surface area contributed by atoms with Gasteiger partial charge < -0.3 is 10.7 Å². The van der Waals surface area contributed by atoms with Crippen LogP contribution in [0.4, 0.5) is 10.1 Å². The molecule has 0 atom stereocenters. The predicted molar refractivity (Wildman–Crippen MR) is 77.3 cm³/mol. The number of H-pyrrole nitrogens is 1. The van der Waals surface area contributed by atoms with Crippen LogP contribution >= 0.6 is 0 Å². The van der Waals surface area contributed by atoms with E-state index in [2.05, 4.69) is 4.98 Å². The number of rotatable bonds is 2. The summed E-state index contributed by atoms with van der Waals surface area (Å²) in [5, 5.41) is 9.57. The lowest BCUT2D eigenvalue weighted by Crippen LogP contribution is -2.05. The van der Waals surface area contributed by atoms with Gasteiger partial charge >= 0.3 is 0 Å². The van der Waals surface area contributed by atoms with Gasteiger partial charge in [-0.25, -0.2) is 4.39 Å². The van der Waals surface area contributed by atoms with Crippen molar-refractivity contribution in [3.8, 4) is 6.07 Å². The van der Waals surface area contributed by atoms with Crippen molar-refractivity contribution in [1.82, 2.24) is 4.98 Å². The third-order valence-corrected chi connectivity index (χ3v) is 3.31. The van der Waals surface area contributed by atoms with Gasteiger partial charge in [0.05, 0.1) is 11.6 Å². The van der Waals surface area contributed by atoms with E-state index < -0.39 is 5.82 Å². The van der Waals surface area contributed by atoms with Gasteiger partial charge in [0.2, 0.25) is 0 Å². The Morgan fingerprint density at radius 1 is 1.19 bits per heavy atom. The second kappa shape index (κ2) is 4.76. The van der Waals surface area contributed by atoms with Gasteiger partial charge in [-0.2, -0.15) is 5.26 Å². The summed E-state index contributed by atoms with van der Waals surface area (Å²) in [4.78, 5) is 15.5. The van der Waals surface area contributed by atoms with E-state index in [0.717, 1.165) is 6.07 Å². The smallest absolute Gasteiger partial charge is 0.197 e. The molecule has 3 aromatic rings. The Balaban J connectivity index is 2.12. The molecular formula is C16H10FN3O. The first kappa shape index (κ1) is 12.9. The van der Waals surface area contributed by atoms with E-state index in [1.165, 1.54) is 12.1 Å². The molecule has 1 heterocycles. The lowest BCUT2D eigenvalue weighted by atomic mass is 10.0. The Labute approximate surface area is 119 Å². The summed E-state index contributed by atoms with van der Waals surface area (Å²) in [7, 11) is 0. The fourth-order valence-corrected chi connectivity index (χ4v) is 2.27. The minimum atomic E-state index is -0.485. The molecule has 0 aliphatic rings. The van der Waals surface area contributed by atoms with E-state index in [9.17, 15) is 9.18 Å². The number of nitrogens with zero attached hydrogens (tertiary/aromatic N) is 1. The SMILES string of the molecule is N#Cc1ccc2c(C(=O)c3ccc(F)cc3N)c[nH]c2c1. The number of nitrogens with two attached hydrogens (primary N) is 1. The van der Waals surface area contributed by atoms with Crippen molar-refractivity contribution in [1.29, 1.82) is 5.26 Å². The molecule has 0 spiro atoms. The second-order valence-electron chi connectivity index (χ2n) is 4.64. The third-order valence-electron chi connectivity index (χ3n) is 3.31. The molecule has 0 bridgehead atoms. The third kappa shape index (κ3) is 2.13. The summed E-state index contributed by atoms with van der Waals surface area (Å²) in [6.07, 6.45) is 1.57. The summed E-state index contributed by atoms with van der Waals surface area (Å²) in [5.41, 5.74) is 7.69. The molecule has 0 saturated carbocycles. The molecule has 0 unspecified atom stereocenters. The van der Waals surface area contributed by atoms with Crippen molar-refractivity contribution in [2.24, 2.45) is 0 Å². The van der Waals surface area contributed by atoms with Crippen LogP contribution in [-0.2, 0) is 0 Å². The van der Waals surface area contributed by atoms with Crippen LogP contribution in [0.25, 0.3) is 10.9 Å². The van der Waals surface area contributed by atoms with Gasteiger partial charge in [0.1, 0.15) is 5.82 Å². The number of anilines is 1. The lowest BCUT2D eigenvalue weighted by Gasteiger charge is -2.04. The summed E-state index contributed by atoms with van der Waals surface area (Å²) >= 11 is 0. The first-order valence-electron chi connectivity index (χ1n) is 6.21. The van der Waals surface area contributed by atoms with Crippen LogP contribution in [0.1, 0.15) is 21.5 Å². The molecule has 0 saturated heterocycles. The van der Waals surface area contributed by atoms with Crippen molar-refractivity contribution in [2.45, 2.75) is 0 Å². The Hall–Kier alpha value is -3.13. The molecule has 4 nitrogen and oxygen atoms in total. The number of fused-ring (bicyclic) bond motifs is 1. The van der Waals surface area contributed by atoms with Crippen LogP contribution < -0.4 is 5.73 Å². The zero-order chi connectivity index (χ0) is 15.0. The van der Waals surface area contributed by atoms with Crippen molar-refractivity contribution in [3.63, 3.8) is 0 Å². The fourth-order valence-electron chi connectivity index (χ4n) is 2.27. The van der Waals surface area contributed by atoms with Gasteiger partial charge in [-0.3, -0.25) is 4.79 Å². The Morgan fingerprint density at radius 3 is 2.71 bits per heavy atom. The molecule has 0 fully saturated rings. The molecule has 1 aromatic heterocycles. The van der Waals surface area contributed by atoms with Crippen molar-refractivity contribution >= 4 is 22.4 Å². The number of nitrogen functional groups attached to an aromatic ring is 1. The predicted octanol–water partition coefficient (Wildman–Crippen LogP) is 2.99. The van der Waals surface area contributed by atoms with Crippen molar-refractivity contribution < 1.29 is 9.18 Å². The molecule has 2 aromatic carbocycles. The number of aromatic nitrogens is 1. The highest BCUT2D eigenvalue weighted by atomic mass is 19.1. The highest BCUT2D eigenvalue weighted by Gasteiger charge is 2.17. The van der Waals surface area contributed by atoms with Crippen LogP contribution in [-0.4, -0.2) is 10.8 Å². The number of nitrogens with one attached hydrogen (secondary N) is 1. The number of carbonyl (C=O) groups is 1. The highest BCUT2D eigenvalue weighted by molar-refractivity contribution is 6.18. The standard InChI is InChI=1S/C16H10FN3O/c17-10-2-4-12(14(19)6-10)16(21)13-8-20-15-5-9(7-18)1-3-11(13)15/h1-6,8,20H,19H2. The molecule has 0 aliphatic carbocycles. The largest absolute Gasteiger partial charge is 0.398 e. The van der Waals surface area contributed by atoms with E-state index in [4.69, 9.17) is 11.0 Å². The number of benzene rings is 2. The number of carbonyl (C=O) groups excluding carboxylic acids is 1. The van der Waals surface area contributed by atoms with Crippen LogP contribution in [0.5, 0.6) is 0 Å². The molecule has 3 N–H and O–H groups in total. The average molecular weight is 279 g/mol. The van der Waals surface area contributed by atoms with Crippen LogP contribution in [0.2, 0.25) is 0 Å². The number of hydrogen-bond donors (Lipinski definition) is 2. The number of aromatic amines is 1.